The molecule has 16 heavy (non-hydrogen) atoms. The monoisotopic (exact) mass is 221 g/mol. The molecular weight excluding hydrogens is 204 g/mol. The molecule has 0 aromatic heterocycles. The smallest absolute Gasteiger partial charge is 0.117 e. The highest BCUT2D eigenvalue weighted by Crippen LogP contribution is 2.40. The van der Waals surface area contributed by atoms with Crippen molar-refractivity contribution in [2.24, 2.45) is 0 Å². The van der Waals surface area contributed by atoms with E-state index in [1.54, 1.807) is 0 Å². The lowest BCUT2D eigenvalue weighted by molar-refractivity contribution is -0.155. The van der Waals surface area contributed by atoms with Crippen LogP contribution in [-0.4, -0.2) is 36.1 Å². The number of rotatable bonds is 3. The zero-order valence-electron chi connectivity index (χ0n) is 10.0. The first kappa shape index (κ1) is 9.16. The maximum atomic E-state index is 9.37. The zero-order chi connectivity index (χ0) is 11.9. The second kappa shape index (κ2) is 3.84. The Kier molecular flexibility index (Phi) is 2.20. The molecule has 0 amide bonds. The van der Waals surface area contributed by atoms with Crippen molar-refractivity contribution in [1.82, 2.24) is 0 Å². The number of hydrogen-bond donors (Lipinski definition) is 1. The summed E-state index contributed by atoms with van der Waals surface area (Å²) in [5.41, 5.74) is 0.387. The van der Waals surface area contributed by atoms with E-state index < -0.39 is 12.0 Å². The molecule has 2 bridgehead atoms. The highest BCUT2D eigenvalue weighted by atomic mass is 16.6. The van der Waals surface area contributed by atoms with Gasteiger partial charge in [0.2, 0.25) is 0 Å². The van der Waals surface area contributed by atoms with Gasteiger partial charge in [-0.05, 0) is 5.56 Å². The van der Waals surface area contributed by atoms with Crippen LogP contribution in [0.15, 0.2) is 30.3 Å². The molecule has 2 aliphatic rings. The SMILES string of the molecule is [2H]C1[C@@H]2OC[C@]1(CO)O[C@H]2Cc1ccccc1. The van der Waals surface area contributed by atoms with E-state index in [9.17, 15) is 5.11 Å². The van der Waals surface area contributed by atoms with Gasteiger partial charge in [0.05, 0.1) is 25.4 Å². The Morgan fingerprint density at radius 3 is 2.94 bits per heavy atom. The van der Waals surface area contributed by atoms with Gasteiger partial charge >= 0.3 is 0 Å². The second-order valence-corrected chi connectivity index (χ2v) is 4.51. The van der Waals surface area contributed by atoms with E-state index in [1.807, 2.05) is 30.3 Å². The molecule has 0 saturated carbocycles. The number of ether oxygens (including phenoxy) is 2. The van der Waals surface area contributed by atoms with Crippen molar-refractivity contribution in [3.8, 4) is 0 Å². The Bertz CT molecular complexity index is 397. The first-order valence-corrected chi connectivity index (χ1v) is 5.62. The maximum Gasteiger partial charge on any atom is 0.117 e. The van der Waals surface area contributed by atoms with E-state index in [0.717, 1.165) is 6.42 Å². The third-order valence-corrected chi connectivity index (χ3v) is 3.29. The highest BCUT2D eigenvalue weighted by molar-refractivity contribution is 5.17. The van der Waals surface area contributed by atoms with Gasteiger partial charge in [-0.25, -0.2) is 0 Å². The Hall–Kier alpha value is -0.900. The molecule has 1 aromatic carbocycles. The fraction of sp³-hybridized carbons (Fsp3) is 0.538. The number of aliphatic hydroxyl groups is 1. The number of benzene rings is 1. The minimum absolute atomic E-state index is 0.110. The summed E-state index contributed by atoms with van der Waals surface area (Å²) in [5.74, 6) is 0. The minimum Gasteiger partial charge on any atom is -0.393 e. The molecule has 0 spiro atoms. The molecule has 2 heterocycles. The first-order valence-electron chi connectivity index (χ1n) is 6.19. The number of aliphatic hydroxyl groups excluding tert-OH is 1. The lowest BCUT2D eigenvalue weighted by Crippen LogP contribution is -2.40. The number of fused-ring (bicyclic) bond motifs is 2. The van der Waals surface area contributed by atoms with E-state index in [4.69, 9.17) is 10.8 Å². The molecule has 2 aliphatic heterocycles. The van der Waals surface area contributed by atoms with Crippen molar-refractivity contribution >= 4 is 0 Å². The standard InChI is InChI=1S/C13H16O3/c14-8-13-7-12(15-9-13)11(16-13)6-10-4-2-1-3-5-10/h1-5,11-12,14H,6-9H2/t11-,12-,13-/m0/s1/i7D/t7?,11-,12-,13-. The van der Waals surface area contributed by atoms with Crippen molar-refractivity contribution < 1.29 is 16.0 Å². The quantitative estimate of drug-likeness (QED) is 0.832. The largest absolute Gasteiger partial charge is 0.393 e. The maximum absolute atomic E-state index is 9.37. The highest BCUT2D eigenvalue weighted by Gasteiger charge is 2.52. The average molecular weight is 221 g/mol. The van der Waals surface area contributed by atoms with Gasteiger partial charge in [0.1, 0.15) is 5.60 Å². The third-order valence-electron chi connectivity index (χ3n) is 3.29. The average Bonchev–Trinajstić information content (AvgIpc) is 2.82. The van der Waals surface area contributed by atoms with Crippen molar-refractivity contribution in [3.05, 3.63) is 35.9 Å². The van der Waals surface area contributed by atoms with E-state index in [2.05, 4.69) is 0 Å². The molecule has 3 rings (SSSR count). The van der Waals surface area contributed by atoms with Crippen LogP contribution in [-0.2, 0) is 15.9 Å². The molecule has 3 nitrogen and oxygen atoms in total. The molecule has 4 atom stereocenters. The van der Waals surface area contributed by atoms with Crippen LogP contribution in [0.4, 0.5) is 0 Å². The van der Waals surface area contributed by atoms with Gasteiger partial charge in [0.25, 0.3) is 0 Å². The van der Waals surface area contributed by atoms with E-state index in [1.165, 1.54) is 5.56 Å². The van der Waals surface area contributed by atoms with Crippen molar-refractivity contribution in [1.29, 1.82) is 0 Å². The van der Waals surface area contributed by atoms with Crippen molar-refractivity contribution in [3.63, 3.8) is 0 Å². The molecule has 1 unspecified atom stereocenters. The normalized spacial score (nSPS) is 42.3. The van der Waals surface area contributed by atoms with Gasteiger partial charge in [0, 0.05) is 14.2 Å². The molecule has 0 radical (unpaired) electrons. The van der Waals surface area contributed by atoms with Crippen LogP contribution in [0.5, 0.6) is 0 Å². The first-order chi connectivity index (χ1) is 8.25. The molecule has 2 fully saturated rings. The summed E-state index contributed by atoms with van der Waals surface area (Å²) in [4.78, 5) is 0. The minimum atomic E-state index is -0.788. The van der Waals surface area contributed by atoms with Crippen LogP contribution >= 0.6 is 0 Å². The van der Waals surface area contributed by atoms with E-state index >= 15 is 0 Å². The van der Waals surface area contributed by atoms with E-state index in [0.29, 0.717) is 6.61 Å². The molecule has 2 saturated heterocycles. The molecule has 86 valence electrons. The predicted molar refractivity (Wildman–Crippen MR) is 59.2 cm³/mol. The van der Waals surface area contributed by atoms with Crippen molar-refractivity contribution in [2.45, 2.75) is 30.6 Å². The van der Waals surface area contributed by atoms with Gasteiger partial charge in [-0.15, -0.1) is 0 Å². The summed E-state index contributed by atoms with van der Waals surface area (Å²) in [7, 11) is 0. The van der Waals surface area contributed by atoms with Crippen LogP contribution in [0.1, 0.15) is 13.3 Å². The van der Waals surface area contributed by atoms with Gasteiger partial charge in [-0.3, -0.25) is 0 Å². The Morgan fingerprint density at radius 2 is 2.25 bits per heavy atom. The third kappa shape index (κ3) is 1.65. The summed E-state index contributed by atoms with van der Waals surface area (Å²) < 4.78 is 19.5. The summed E-state index contributed by atoms with van der Waals surface area (Å²) in [6.45, 7) is 0.205. The molecule has 1 aromatic rings. The second-order valence-electron chi connectivity index (χ2n) is 4.51. The summed E-state index contributed by atoms with van der Waals surface area (Å²) >= 11 is 0. The zero-order valence-corrected chi connectivity index (χ0v) is 9.00. The van der Waals surface area contributed by atoms with Crippen LogP contribution in [0.3, 0.4) is 0 Å². The lowest BCUT2D eigenvalue weighted by Gasteiger charge is -2.29. The molecule has 0 aliphatic carbocycles. The van der Waals surface area contributed by atoms with Crippen LogP contribution in [0.25, 0.3) is 0 Å². The molecule has 3 heteroatoms. The fourth-order valence-corrected chi connectivity index (χ4v) is 2.43. The van der Waals surface area contributed by atoms with Crippen LogP contribution in [0, 0.1) is 0 Å². The van der Waals surface area contributed by atoms with Crippen LogP contribution in [0.2, 0.25) is 0 Å². The van der Waals surface area contributed by atoms with Gasteiger partial charge in [-0.2, -0.15) is 0 Å². The summed E-state index contributed by atoms with van der Waals surface area (Å²) in [6.07, 6.45) is -0.0489. The number of hydrogen-bond acceptors (Lipinski definition) is 3. The fourth-order valence-electron chi connectivity index (χ4n) is 2.43. The topological polar surface area (TPSA) is 38.7 Å². The Labute approximate surface area is 96.4 Å². The predicted octanol–water partition coefficient (Wildman–Crippen LogP) is 1.15. The molecule has 1 N–H and O–H groups in total. The Balaban J connectivity index is 1.75. The Morgan fingerprint density at radius 1 is 1.44 bits per heavy atom. The van der Waals surface area contributed by atoms with Gasteiger partial charge < -0.3 is 14.6 Å². The lowest BCUT2D eigenvalue weighted by atomic mass is 10.0. The van der Waals surface area contributed by atoms with E-state index in [-0.39, 0.29) is 18.8 Å². The molecular formula is C13H16O3. The van der Waals surface area contributed by atoms with Crippen molar-refractivity contribution in [2.75, 3.05) is 13.2 Å². The van der Waals surface area contributed by atoms with Gasteiger partial charge in [-0.1, -0.05) is 30.3 Å². The van der Waals surface area contributed by atoms with Gasteiger partial charge in [0.15, 0.2) is 0 Å². The van der Waals surface area contributed by atoms with Crippen LogP contribution < -0.4 is 0 Å². The summed E-state index contributed by atoms with van der Waals surface area (Å²) in [5, 5.41) is 9.37. The summed E-state index contributed by atoms with van der Waals surface area (Å²) in [6, 6.07) is 10.0.